The van der Waals surface area contributed by atoms with Crippen LogP contribution in [0.5, 0.6) is 5.75 Å². The molecule has 0 radical (unpaired) electrons. The van der Waals surface area contributed by atoms with Gasteiger partial charge in [-0.3, -0.25) is 4.90 Å². The van der Waals surface area contributed by atoms with Crippen molar-refractivity contribution in [2.24, 2.45) is 0 Å². The van der Waals surface area contributed by atoms with Crippen LogP contribution in [0.1, 0.15) is 25.8 Å². The van der Waals surface area contributed by atoms with Crippen molar-refractivity contribution >= 4 is 15.9 Å². The van der Waals surface area contributed by atoms with Crippen LogP contribution < -0.4 is 0 Å². The van der Waals surface area contributed by atoms with Crippen LogP contribution in [0.25, 0.3) is 0 Å². The van der Waals surface area contributed by atoms with Crippen LogP contribution in [-0.4, -0.2) is 35.3 Å². The van der Waals surface area contributed by atoms with E-state index in [4.69, 9.17) is 4.74 Å². The molecule has 1 heterocycles. The normalized spacial score (nSPS) is 25.3. The molecule has 1 fully saturated rings. The van der Waals surface area contributed by atoms with E-state index in [2.05, 4.69) is 34.7 Å². The van der Waals surface area contributed by atoms with Gasteiger partial charge in [-0.25, -0.2) is 0 Å². The zero-order chi connectivity index (χ0) is 13.1. The summed E-state index contributed by atoms with van der Waals surface area (Å²) in [5.41, 5.74) is 0.969. The molecule has 2 atom stereocenters. The highest BCUT2D eigenvalue weighted by molar-refractivity contribution is 9.10. The lowest BCUT2D eigenvalue weighted by Crippen LogP contribution is -2.47. The van der Waals surface area contributed by atoms with Crippen molar-refractivity contribution in [3.8, 4) is 5.75 Å². The first kappa shape index (κ1) is 13.8. The second kappa shape index (κ2) is 6.04. The summed E-state index contributed by atoms with van der Waals surface area (Å²) in [4.78, 5) is 2.40. The molecule has 18 heavy (non-hydrogen) atoms. The van der Waals surface area contributed by atoms with Gasteiger partial charge in [-0.2, -0.15) is 0 Å². The largest absolute Gasteiger partial charge is 0.508 e. The molecule has 0 aromatic heterocycles. The smallest absolute Gasteiger partial charge is 0.120 e. The summed E-state index contributed by atoms with van der Waals surface area (Å²) < 4.78 is 6.69. The van der Waals surface area contributed by atoms with Gasteiger partial charge in [-0.1, -0.05) is 22.9 Å². The summed E-state index contributed by atoms with van der Waals surface area (Å²) >= 11 is 3.45. The van der Waals surface area contributed by atoms with Gasteiger partial charge in [-0.15, -0.1) is 0 Å². The van der Waals surface area contributed by atoms with Crippen LogP contribution in [0.15, 0.2) is 22.7 Å². The number of rotatable bonds is 3. The Morgan fingerprint density at radius 3 is 3.00 bits per heavy atom. The number of hydrogen-bond acceptors (Lipinski definition) is 3. The van der Waals surface area contributed by atoms with Gasteiger partial charge in [-0.05, 0) is 31.5 Å². The van der Waals surface area contributed by atoms with E-state index in [1.54, 1.807) is 6.07 Å². The van der Waals surface area contributed by atoms with Crippen molar-refractivity contribution in [3.63, 3.8) is 0 Å². The molecule has 1 N–H and O–H groups in total. The van der Waals surface area contributed by atoms with E-state index in [1.165, 1.54) is 0 Å². The first-order chi connectivity index (χ1) is 8.60. The highest BCUT2D eigenvalue weighted by atomic mass is 79.9. The van der Waals surface area contributed by atoms with Crippen LogP contribution in [0.4, 0.5) is 0 Å². The van der Waals surface area contributed by atoms with Crippen LogP contribution in [0, 0.1) is 0 Å². The van der Waals surface area contributed by atoms with Crippen LogP contribution in [0.2, 0.25) is 0 Å². The molecule has 0 spiro atoms. The van der Waals surface area contributed by atoms with Crippen molar-refractivity contribution in [2.75, 3.05) is 13.2 Å². The monoisotopic (exact) mass is 313 g/mol. The maximum absolute atomic E-state index is 9.91. The molecule has 2 rings (SSSR count). The maximum atomic E-state index is 9.91. The van der Waals surface area contributed by atoms with Crippen molar-refractivity contribution in [1.29, 1.82) is 0 Å². The van der Waals surface area contributed by atoms with Gasteiger partial charge in [0.05, 0.1) is 12.7 Å². The zero-order valence-electron chi connectivity index (χ0n) is 10.9. The first-order valence-electron chi connectivity index (χ1n) is 6.43. The number of phenols is 1. The summed E-state index contributed by atoms with van der Waals surface area (Å²) in [5.74, 6) is 0.368. The molecule has 0 aliphatic carbocycles. The Morgan fingerprint density at radius 2 is 2.28 bits per heavy atom. The standard InChI is InChI=1S/C14H20BrNO2/c1-3-13-9-18-10(2)7-16(13)8-11-6-12(15)4-5-14(11)17/h4-6,10,13,17H,3,7-9H2,1-2H3. The summed E-state index contributed by atoms with van der Waals surface area (Å²) in [6.45, 7) is 6.76. The number of benzene rings is 1. The molecule has 4 heteroatoms. The number of aromatic hydroxyl groups is 1. The fourth-order valence-electron chi connectivity index (χ4n) is 2.38. The molecule has 0 saturated carbocycles. The Hall–Kier alpha value is -0.580. The van der Waals surface area contributed by atoms with Gasteiger partial charge >= 0.3 is 0 Å². The predicted octanol–water partition coefficient (Wildman–Crippen LogP) is 3.15. The Balaban J connectivity index is 2.12. The Kier molecular flexibility index (Phi) is 4.65. The number of ether oxygens (including phenoxy) is 1. The number of phenolic OH excluding ortho intramolecular Hbond substituents is 1. The van der Waals surface area contributed by atoms with Gasteiger partial charge < -0.3 is 9.84 Å². The van der Waals surface area contributed by atoms with Gasteiger partial charge in [0, 0.05) is 29.2 Å². The summed E-state index contributed by atoms with van der Waals surface area (Å²) in [5, 5.41) is 9.91. The highest BCUT2D eigenvalue weighted by Crippen LogP contribution is 2.25. The topological polar surface area (TPSA) is 32.7 Å². The van der Waals surface area contributed by atoms with E-state index in [-0.39, 0.29) is 6.10 Å². The molecule has 2 unspecified atom stereocenters. The van der Waals surface area contributed by atoms with Crippen LogP contribution in [0.3, 0.4) is 0 Å². The number of halogens is 1. The minimum absolute atomic E-state index is 0.266. The SMILES string of the molecule is CCC1COC(C)CN1Cc1cc(Br)ccc1O. The molecule has 3 nitrogen and oxygen atoms in total. The van der Waals surface area contributed by atoms with Crippen molar-refractivity contribution < 1.29 is 9.84 Å². The molecular weight excluding hydrogens is 294 g/mol. The molecule has 0 bridgehead atoms. The molecular formula is C14H20BrNO2. The van der Waals surface area contributed by atoms with Gasteiger partial charge in [0.25, 0.3) is 0 Å². The minimum Gasteiger partial charge on any atom is -0.508 e. The summed E-state index contributed by atoms with van der Waals surface area (Å²) in [7, 11) is 0. The van der Waals surface area contributed by atoms with Gasteiger partial charge in [0.15, 0.2) is 0 Å². The zero-order valence-corrected chi connectivity index (χ0v) is 12.5. The van der Waals surface area contributed by atoms with E-state index in [9.17, 15) is 5.11 Å². The van der Waals surface area contributed by atoms with Crippen molar-refractivity contribution in [2.45, 2.75) is 39.0 Å². The molecule has 1 aliphatic rings. The third-order valence-corrected chi connectivity index (χ3v) is 3.96. The van der Waals surface area contributed by atoms with Crippen molar-refractivity contribution in [1.82, 2.24) is 4.90 Å². The lowest BCUT2D eigenvalue weighted by atomic mass is 10.1. The van der Waals surface area contributed by atoms with Gasteiger partial charge in [0.1, 0.15) is 5.75 Å². The highest BCUT2D eigenvalue weighted by Gasteiger charge is 2.26. The molecule has 1 aromatic carbocycles. The molecule has 100 valence electrons. The van der Waals surface area contributed by atoms with Crippen LogP contribution in [-0.2, 0) is 11.3 Å². The minimum atomic E-state index is 0.266. The number of morpholine rings is 1. The lowest BCUT2D eigenvalue weighted by molar-refractivity contribution is -0.0593. The molecule has 0 amide bonds. The van der Waals surface area contributed by atoms with E-state index in [0.717, 1.165) is 36.2 Å². The number of hydrogen-bond donors (Lipinski definition) is 1. The average Bonchev–Trinajstić information content (AvgIpc) is 2.34. The first-order valence-corrected chi connectivity index (χ1v) is 7.22. The summed E-state index contributed by atoms with van der Waals surface area (Å²) in [6, 6.07) is 6.03. The second-order valence-corrected chi connectivity index (χ2v) is 5.82. The molecule has 1 aromatic rings. The third kappa shape index (κ3) is 3.25. The predicted molar refractivity (Wildman–Crippen MR) is 75.7 cm³/mol. The maximum Gasteiger partial charge on any atom is 0.120 e. The molecule has 1 aliphatic heterocycles. The Bertz CT molecular complexity index is 411. The Labute approximate surface area is 117 Å². The quantitative estimate of drug-likeness (QED) is 0.930. The fourth-order valence-corrected chi connectivity index (χ4v) is 2.79. The van der Waals surface area contributed by atoms with Crippen molar-refractivity contribution in [3.05, 3.63) is 28.2 Å². The number of nitrogens with zero attached hydrogens (tertiary/aromatic N) is 1. The third-order valence-electron chi connectivity index (χ3n) is 3.47. The van der Waals surface area contributed by atoms with E-state index in [0.29, 0.717) is 11.8 Å². The molecule has 1 saturated heterocycles. The van der Waals surface area contributed by atoms with Crippen LogP contribution >= 0.6 is 15.9 Å². The second-order valence-electron chi connectivity index (χ2n) is 4.91. The summed E-state index contributed by atoms with van der Waals surface area (Å²) in [6.07, 6.45) is 1.34. The Morgan fingerprint density at radius 1 is 1.50 bits per heavy atom. The fraction of sp³-hybridized carbons (Fsp3) is 0.571. The van der Waals surface area contributed by atoms with Gasteiger partial charge in [0.2, 0.25) is 0 Å². The lowest BCUT2D eigenvalue weighted by Gasteiger charge is -2.38. The van der Waals surface area contributed by atoms with E-state index < -0.39 is 0 Å². The van der Waals surface area contributed by atoms with E-state index in [1.807, 2.05) is 12.1 Å². The van der Waals surface area contributed by atoms with E-state index >= 15 is 0 Å². The average molecular weight is 314 g/mol.